The predicted octanol–water partition coefficient (Wildman–Crippen LogP) is 0.290. The van der Waals surface area contributed by atoms with Crippen molar-refractivity contribution < 1.29 is 14.7 Å². The topological polar surface area (TPSA) is 61.8 Å². The molecule has 0 aromatic rings. The van der Waals surface area contributed by atoms with Crippen LogP contribution in [-0.4, -0.2) is 46.6 Å². The van der Waals surface area contributed by atoms with Gasteiger partial charge >= 0.3 is 0 Å². The molecule has 5 heteroatoms. The van der Waals surface area contributed by atoms with Gasteiger partial charge < -0.3 is 9.94 Å². The molecule has 5 nitrogen and oxygen atoms in total. The molecule has 0 bridgehead atoms. The molecule has 0 aliphatic carbocycles. The maximum atomic E-state index is 11.5. The number of terminal acetylenes is 1. The second kappa shape index (κ2) is 5.70. The van der Waals surface area contributed by atoms with Crippen LogP contribution in [0.4, 0.5) is 0 Å². The van der Waals surface area contributed by atoms with Crippen LogP contribution in [0.1, 0.15) is 33.6 Å². The average molecular weight is 254 g/mol. The molecule has 102 valence electrons. The van der Waals surface area contributed by atoms with Crippen molar-refractivity contribution in [2.24, 2.45) is 0 Å². The van der Waals surface area contributed by atoms with Gasteiger partial charge in [-0.2, -0.15) is 0 Å². The molecule has 18 heavy (non-hydrogen) atoms. The van der Waals surface area contributed by atoms with Crippen LogP contribution < -0.4 is 5.48 Å². The summed E-state index contributed by atoms with van der Waals surface area (Å²) in [5.74, 6) is 0.146. The molecule has 0 saturated carbocycles. The van der Waals surface area contributed by atoms with E-state index in [1.54, 1.807) is 20.8 Å². The molecule has 1 heterocycles. The smallest absolute Gasteiger partial charge is 0.146 e. The summed E-state index contributed by atoms with van der Waals surface area (Å²) in [5, 5.41) is 10.2. The molecule has 3 atom stereocenters. The summed E-state index contributed by atoms with van der Waals surface area (Å²) < 4.78 is 0. The SMILES string of the molecule is C#CONC([C@H]1CC[C@H](C(C)=O)N1C)C(C)(C)O. The van der Waals surface area contributed by atoms with Crippen molar-refractivity contribution in [2.75, 3.05) is 7.05 Å². The second-order valence-electron chi connectivity index (χ2n) is 5.41. The van der Waals surface area contributed by atoms with Crippen LogP contribution in [0.5, 0.6) is 0 Å². The number of likely N-dealkylation sites (N-methyl/N-ethyl adjacent to an activating group) is 1. The van der Waals surface area contributed by atoms with Crippen molar-refractivity contribution in [2.45, 2.75) is 57.3 Å². The largest absolute Gasteiger partial charge is 0.389 e. The predicted molar refractivity (Wildman–Crippen MR) is 68.4 cm³/mol. The van der Waals surface area contributed by atoms with Gasteiger partial charge in [-0.1, -0.05) is 6.42 Å². The number of carbonyl (C=O) groups excluding carboxylic acids is 1. The van der Waals surface area contributed by atoms with E-state index in [1.165, 1.54) is 0 Å². The van der Waals surface area contributed by atoms with Gasteiger partial charge in [0.1, 0.15) is 11.9 Å². The van der Waals surface area contributed by atoms with Gasteiger partial charge in [-0.25, -0.2) is 0 Å². The number of rotatable bonds is 5. The molecule has 1 aliphatic rings. The van der Waals surface area contributed by atoms with E-state index in [0.29, 0.717) is 0 Å². The molecule has 0 spiro atoms. The van der Waals surface area contributed by atoms with Crippen molar-refractivity contribution in [3.63, 3.8) is 0 Å². The Kier molecular flexibility index (Phi) is 4.74. The van der Waals surface area contributed by atoms with E-state index in [-0.39, 0.29) is 23.9 Å². The Morgan fingerprint density at radius 3 is 2.61 bits per heavy atom. The van der Waals surface area contributed by atoms with Gasteiger partial charge in [0.2, 0.25) is 0 Å². The van der Waals surface area contributed by atoms with Crippen molar-refractivity contribution in [3.05, 3.63) is 0 Å². The van der Waals surface area contributed by atoms with Crippen molar-refractivity contribution in [1.82, 2.24) is 10.4 Å². The second-order valence-corrected chi connectivity index (χ2v) is 5.41. The molecule has 1 unspecified atom stereocenters. The zero-order valence-electron chi connectivity index (χ0n) is 11.4. The Hall–Kier alpha value is -1.09. The van der Waals surface area contributed by atoms with Crippen molar-refractivity contribution in [1.29, 1.82) is 0 Å². The van der Waals surface area contributed by atoms with Gasteiger partial charge in [0.05, 0.1) is 17.7 Å². The highest BCUT2D eigenvalue weighted by Gasteiger charge is 2.43. The van der Waals surface area contributed by atoms with E-state index in [0.717, 1.165) is 12.8 Å². The molecule has 0 amide bonds. The summed E-state index contributed by atoms with van der Waals surface area (Å²) >= 11 is 0. The molecule has 0 radical (unpaired) electrons. The van der Waals surface area contributed by atoms with Crippen LogP contribution in [0.25, 0.3) is 0 Å². The summed E-state index contributed by atoms with van der Waals surface area (Å²) in [6.07, 6.45) is 8.69. The Bertz CT molecular complexity index is 343. The van der Waals surface area contributed by atoms with E-state index in [1.807, 2.05) is 18.1 Å². The lowest BCUT2D eigenvalue weighted by atomic mass is 9.91. The molecular weight excluding hydrogens is 232 g/mol. The van der Waals surface area contributed by atoms with Crippen LogP contribution in [-0.2, 0) is 9.63 Å². The first-order chi connectivity index (χ1) is 8.29. The van der Waals surface area contributed by atoms with Crippen LogP contribution in [0, 0.1) is 12.5 Å². The van der Waals surface area contributed by atoms with Gasteiger partial charge in [-0.05, 0) is 40.7 Å². The van der Waals surface area contributed by atoms with Crippen LogP contribution in [0.3, 0.4) is 0 Å². The lowest BCUT2D eigenvalue weighted by molar-refractivity contribution is -0.122. The van der Waals surface area contributed by atoms with E-state index in [9.17, 15) is 9.90 Å². The molecule has 1 rings (SSSR count). The van der Waals surface area contributed by atoms with Gasteiger partial charge in [0.25, 0.3) is 0 Å². The number of nitrogens with one attached hydrogen (secondary N) is 1. The molecule has 1 fully saturated rings. The maximum absolute atomic E-state index is 11.5. The highest BCUT2D eigenvalue weighted by Crippen LogP contribution is 2.29. The van der Waals surface area contributed by atoms with Crippen LogP contribution in [0.15, 0.2) is 0 Å². The first-order valence-electron chi connectivity index (χ1n) is 6.10. The lowest BCUT2D eigenvalue weighted by Crippen LogP contribution is -2.58. The Labute approximate surface area is 108 Å². The summed E-state index contributed by atoms with van der Waals surface area (Å²) in [5.41, 5.74) is 1.70. The first-order valence-corrected chi connectivity index (χ1v) is 6.10. The average Bonchev–Trinajstić information content (AvgIpc) is 2.59. The Morgan fingerprint density at radius 1 is 1.61 bits per heavy atom. The fraction of sp³-hybridized carbons (Fsp3) is 0.769. The van der Waals surface area contributed by atoms with Crippen LogP contribution >= 0.6 is 0 Å². The molecular formula is C13H22N2O3. The number of carbonyl (C=O) groups is 1. The molecule has 2 N–H and O–H groups in total. The standard InChI is InChI=1S/C13H22N2O3/c1-6-18-14-12(13(3,4)17)11-8-7-10(9(2)16)15(11)5/h1,10-12,14,17H,7-8H2,2-5H3/t10-,11-,12?/m1/s1. The number of likely N-dealkylation sites (tertiary alicyclic amines) is 1. The van der Waals surface area contributed by atoms with Gasteiger partial charge in [0.15, 0.2) is 0 Å². The molecule has 0 aromatic carbocycles. The highest BCUT2D eigenvalue weighted by molar-refractivity contribution is 5.81. The Balaban J connectivity index is 2.82. The third-order valence-electron chi connectivity index (χ3n) is 3.61. The third-order valence-corrected chi connectivity index (χ3v) is 3.61. The van der Waals surface area contributed by atoms with Gasteiger partial charge in [-0.3, -0.25) is 9.69 Å². The summed E-state index contributed by atoms with van der Waals surface area (Å²) in [6, 6.07) is -0.442. The zero-order chi connectivity index (χ0) is 13.9. The maximum Gasteiger partial charge on any atom is 0.146 e. The summed E-state index contributed by atoms with van der Waals surface area (Å²) in [6.45, 7) is 4.98. The Morgan fingerprint density at radius 2 is 2.22 bits per heavy atom. The summed E-state index contributed by atoms with van der Waals surface area (Å²) in [4.78, 5) is 18.3. The monoisotopic (exact) mass is 254 g/mol. The lowest BCUT2D eigenvalue weighted by Gasteiger charge is -2.37. The molecule has 1 aliphatic heterocycles. The van der Waals surface area contributed by atoms with E-state index in [2.05, 4.69) is 5.48 Å². The number of aliphatic hydroxyl groups is 1. The van der Waals surface area contributed by atoms with Gasteiger partial charge in [-0.15, -0.1) is 5.48 Å². The fourth-order valence-corrected chi connectivity index (χ4v) is 2.65. The van der Waals surface area contributed by atoms with E-state index in [4.69, 9.17) is 11.3 Å². The zero-order valence-corrected chi connectivity index (χ0v) is 11.4. The van der Waals surface area contributed by atoms with E-state index >= 15 is 0 Å². The minimum atomic E-state index is -0.999. The summed E-state index contributed by atoms with van der Waals surface area (Å²) in [7, 11) is 1.89. The normalized spacial score (nSPS) is 26.7. The minimum Gasteiger partial charge on any atom is -0.389 e. The first kappa shape index (κ1) is 15.0. The van der Waals surface area contributed by atoms with Crippen LogP contribution in [0.2, 0.25) is 0 Å². The van der Waals surface area contributed by atoms with Gasteiger partial charge in [0, 0.05) is 6.04 Å². The number of hydroxylamine groups is 1. The number of Topliss-reactive ketones (excluding diaryl/α,β-unsaturated/α-hetero) is 1. The number of nitrogens with zero attached hydrogens (tertiary/aromatic N) is 1. The quantitative estimate of drug-likeness (QED) is 0.545. The number of hydrogen-bond donors (Lipinski definition) is 2. The number of ketones is 1. The van der Waals surface area contributed by atoms with E-state index < -0.39 is 5.60 Å². The number of hydrogen-bond acceptors (Lipinski definition) is 5. The van der Waals surface area contributed by atoms with Crippen molar-refractivity contribution in [3.8, 4) is 12.5 Å². The molecule has 0 aromatic heterocycles. The minimum absolute atomic E-state index is 0.00671. The fourth-order valence-electron chi connectivity index (χ4n) is 2.65. The molecule has 1 saturated heterocycles. The van der Waals surface area contributed by atoms with Crippen molar-refractivity contribution >= 4 is 5.78 Å². The third kappa shape index (κ3) is 3.22. The highest BCUT2D eigenvalue weighted by atomic mass is 16.6.